The van der Waals surface area contributed by atoms with Crippen LogP contribution >= 0.6 is 0 Å². The van der Waals surface area contributed by atoms with E-state index < -0.39 is 5.97 Å². The van der Waals surface area contributed by atoms with Crippen molar-refractivity contribution in [3.8, 4) is 0 Å². The molecule has 0 heterocycles. The lowest BCUT2D eigenvalue weighted by Gasteiger charge is -2.31. The van der Waals surface area contributed by atoms with Crippen molar-refractivity contribution in [1.29, 1.82) is 0 Å². The number of allylic oxidation sites excluding steroid dienone is 1. The molecule has 1 saturated carbocycles. The second-order valence-electron chi connectivity index (χ2n) is 7.57. The van der Waals surface area contributed by atoms with Crippen molar-refractivity contribution in [3.63, 3.8) is 0 Å². The van der Waals surface area contributed by atoms with Gasteiger partial charge in [-0.05, 0) is 51.4 Å². The summed E-state index contributed by atoms with van der Waals surface area (Å²) in [4.78, 5) is 23.0. The maximum Gasteiger partial charge on any atom is 0.315 e. The van der Waals surface area contributed by atoms with Crippen molar-refractivity contribution >= 4 is 12.0 Å². The van der Waals surface area contributed by atoms with E-state index in [1.807, 2.05) is 0 Å². The summed E-state index contributed by atoms with van der Waals surface area (Å²) in [6.07, 6.45) is 9.93. The zero-order valence-electron chi connectivity index (χ0n) is 14.4. The molecule has 0 aliphatic heterocycles. The molecule has 0 saturated heterocycles. The van der Waals surface area contributed by atoms with Gasteiger partial charge in [0.2, 0.25) is 0 Å². The van der Waals surface area contributed by atoms with E-state index in [2.05, 4.69) is 30.6 Å². The number of carboxylic acids is 1. The number of nitrogens with one attached hydrogen (secondary N) is 2. The first kappa shape index (κ1) is 17.8. The minimum atomic E-state index is -0.713. The largest absolute Gasteiger partial charge is 0.481 e. The maximum absolute atomic E-state index is 12.1. The lowest BCUT2D eigenvalue weighted by Crippen LogP contribution is -2.46. The molecule has 0 aromatic carbocycles. The molecule has 0 atom stereocenters. The van der Waals surface area contributed by atoms with E-state index in [9.17, 15) is 9.59 Å². The van der Waals surface area contributed by atoms with Crippen LogP contribution in [0.25, 0.3) is 0 Å². The van der Waals surface area contributed by atoms with Gasteiger partial charge in [0, 0.05) is 18.0 Å². The molecular formula is C18H30N2O3. The van der Waals surface area contributed by atoms with E-state index in [-0.39, 0.29) is 23.4 Å². The van der Waals surface area contributed by atoms with Gasteiger partial charge in [0.1, 0.15) is 0 Å². The van der Waals surface area contributed by atoms with Gasteiger partial charge in [-0.1, -0.05) is 25.5 Å². The standard InChI is InChI=1S/C18H30N2O3/c1-18(2,14-6-4-3-5-7-14)12-19-17(23)20-15-10-8-13(9-11-15)16(21)22/h6,13,15H,3-5,7-12H2,1-2H3,(H,21,22)(H2,19,20,23). The highest BCUT2D eigenvalue weighted by atomic mass is 16.4. The Balaban J connectivity index is 1.73. The molecule has 5 heteroatoms. The maximum atomic E-state index is 12.1. The average molecular weight is 322 g/mol. The second kappa shape index (κ2) is 7.84. The SMILES string of the molecule is CC(C)(CNC(=O)NC1CCC(C(=O)O)CC1)C1=CCCCC1. The molecule has 5 nitrogen and oxygen atoms in total. The first-order chi connectivity index (χ1) is 10.9. The van der Waals surface area contributed by atoms with Gasteiger partial charge >= 0.3 is 12.0 Å². The van der Waals surface area contributed by atoms with Crippen LogP contribution in [-0.4, -0.2) is 29.7 Å². The van der Waals surface area contributed by atoms with E-state index in [0.717, 1.165) is 25.7 Å². The Bertz CT molecular complexity index is 463. The summed E-state index contributed by atoms with van der Waals surface area (Å²) in [5.74, 6) is -0.955. The van der Waals surface area contributed by atoms with Crippen molar-refractivity contribution in [1.82, 2.24) is 10.6 Å². The third kappa shape index (κ3) is 5.26. The Morgan fingerprint density at radius 3 is 2.48 bits per heavy atom. The molecule has 0 spiro atoms. The molecule has 3 N–H and O–H groups in total. The summed E-state index contributed by atoms with van der Waals surface area (Å²) in [6, 6.07) is -0.0316. The van der Waals surface area contributed by atoms with Crippen LogP contribution in [0.3, 0.4) is 0 Å². The number of carbonyl (C=O) groups is 2. The monoisotopic (exact) mass is 322 g/mol. The van der Waals surface area contributed by atoms with Gasteiger partial charge in [0.15, 0.2) is 0 Å². The predicted octanol–water partition coefficient (Wildman–Crippen LogP) is 3.46. The number of carboxylic acid groups (broad SMARTS) is 1. The van der Waals surface area contributed by atoms with Crippen LogP contribution < -0.4 is 10.6 Å². The first-order valence-corrected chi connectivity index (χ1v) is 8.85. The molecule has 2 rings (SSSR count). The first-order valence-electron chi connectivity index (χ1n) is 8.85. The van der Waals surface area contributed by atoms with Gasteiger partial charge < -0.3 is 15.7 Å². The van der Waals surface area contributed by atoms with Crippen LogP contribution in [0.1, 0.15) is 65.2 Å². The number of carbonyl (C=O) groups excluding carboxylic acids is 1. The van der Waals surface area contributed by atoms with Crippen LogP contribution in [0.15, 0.2) is 11.6 Å². The Hall–Kier alpha value is -1.52. The van der Waals surface area contributed by atoms with Crippen molar-refractivity contribution < 1.29 is 14.7 Å². The van der Waals surface area contributed by atoms with Crippen LogP contribution in [0.5, 0.6) is 0 Å². The fourth-order valence-corrected chi connectivity index (χ4v) is 3.59. The summed E-state index contributed by atoms with van der Waals surface area (Å²) < 4.78 is 0. The lowest BCUT2D eigenvalue weighted by molar-refractivity contribution is -0.142. The van der Waals surface area contributed by atoms with Gasteiger partial charge in [0.05, 0.1) is 5.92 Å². The van der Waals surface area contributed by atoms with Crippen LogP contribution in [0.2, 0.25) is 0 Å². The molecule has 23 heavy (non-hydrogen) atoms. The number of hydrogen-bond acceptors (Lipinski definition) is 2. The quantitative estimate of drug-likeness (QED) is 0.678. The second-order valence-corrected chi connectivity index (χ2v) is 7.57. The molecular weight excluding hydrogens is 292 g/mol. The van der Waals surface area contributed by atoms with Crippen molar-refractivity contribution in [2.45, 2.75) is 71.3 Å². The minimum Gasteiger partial charge on any atom is -0.481 e. The Morgan fingerprint density at radius 1 is 1.22 bits per heavy atom. The van der Waals surface area contributed by atoms with Crippen LogP contribution in [0.4, 0.5) is 4.79 Å². The van der Waals surface area contributed by atoms with Gasteiger partial charge in [-0.2, -0.15) is 0 Å². The topological polar surface area (TPSA) is 78.4 Å². The van der Waals surface area contributed by atoms with Crippen molar-refractivity contribution in [2.75, 3.05) is 6.54 Å². The highest BCUT2D eigenvalue weighted by Crippen LogP contribution is 2.33. The average Bonchev–Trinajstić information content (AvgIpc) is 2.54. The fourth-order valence-electron chi connectivity index (χ4n) is 3.59. The Labute approximate surface area is 138 Å². The highest BCUT2D eigenvalue weighted by Gasteiger charge is 2.28. The molecule has 130 valence electrons. The van der Waals surface area contributed by atoms with E-state index in [0.29, 0.717) is 19.4 Å². The number of rotatable bonds is 5. The summed E-state index contributed by atoms with van der Waals surface area (Å²) in [5, 5.41) is 15.0. The summed E-state index contributed by atoms with van der Waals surface area (Å²) in [7, 11) is 0. The van der Waals surface area contributed by atoms with E-state index in [4.69, 9.17) is 5.11 Å². The number of amides is 2. The fraction of sp³-hybridized carbons (Fsp3) is 0.778. The summed E-state index contributed by atoms with van der Waals surface area (Å²) >= 11 is 0. The summed E-state index contributed by atoms with van der Waals surface area (Å²) in [6.45, 7) is 5.00. The lowest BCUT2D eigenvalue weighted by atomic mass is 9.78. The zero-order valence-corrected chi connectivity index (χ0v) is 14.4. The zero-order chi connectivity index (χ0) is 16.9. The Kier molecular flexibility index (Phi) is 6.08. The molecule has 0 bridgehead atoms. The van der Waals surface area contributed by atoms with E-state index >= 15 is 0 Å². The van der Waals surface area contributed by atoms with Gasteiger partial charge in [-0.25, -0.2) is 4.79 Å². The smallest absolute Gasteiger partial charge is 0.315 e. The van der Waals surface area contributed by atoms with E-state index in [1.165, 1.54) is 18.4 Å². The third-order valence-corrected chi connectivity index (χ3v) is 5.26. The van der Waals surface area contributed by atoms with Gasteiger partial charge in [0.25, 0.3) is 0 Å². The number of hydrogen-bond donors (Lipinski definition) is 3. The number of aliphatic carboxylic acids is 1. The minimum absolute atomic E-state index is 0.00126. The van der Waals surface area contributed by atoms with Crippen molar-refractivity contribution in [2.24, 2.45) is 11.3 Å². The molecule has 0 aromatic heterocycles. The van der Waals surface area contributed by atoms with Crippen LogP contribution in [-0.2, 0) is 4.79 Å². The number of urea groups is 1. The third-order valence-electron chi connectivity index (χ3n) is 5.26. The van der Waals surface area contributed by atoms with Crippen LogP contribution in [0, 0.1) is 11.3 Å². The Morgan fingerprint density at radius 2 is 1.91 bits per heavy atom. The molecule has 2 amide bonds. The molecule has 1 fully saturated rings. The molecule has 2 aliphatic carbocycles. The molecule has 2 aliphatic rings. The molecule has 0 aromatic rings. The normalized spacial score (nSPS) is 25.4. The predicted molar refractivity (Wildman–Crippen MR) is 90.2 cm³/mol. The highest BCUT2D eigenvalue weighted by molar-refractivity contribution is 5.74. The van der Waals surface area contributed by atoms with Gasteiger partial charge in [-0.15, -0.1) is 0 Å². The molecule has 0 unspecified atom stereocenters. The van der Waals surface area contributed by atoms with Gasteiger partial charge in [-0.3, -0.25) is 4.79 Å². The van der Waals surface area contributed by atoms with Crippen molar-refractivity contribution in [3.05, 3.63) is 11.6 Å². The summed E-state index contributed by atoms with van der Waals surface area (Å²) in [5.41, 5.74) is 1.45. The molecule has 0 radical (unpaired) electrons. The van der Waals surface area contributed by atoms with E-state index in [1.54, 1.807) is 0 Å².